The van der Waals surface area contributed by atoms with Crippen LogP contribution >= 0.6 is 11.8 Å². The van der Waals surface area contributed by atoms with E-state index in [0.717, 1.165) is 11.8 Å². The highest BCUT2D eigenvalue weighted by atomic mass is 32.2. The van der Waals surface area contributed by atoms with E-state index in [-0.39, 0.29) is 11.1 Å². The first kappa shape index (κ1) is 14.5. The summed E-state index contributed by atoms with van der Waals surface area (Å²) < 4.78 is 5.25. The van der Waals surface area contributed by atoms with Gasteiger partial charge in [0.05, 0.1) is 18.5 Å². The second kappa shape index (κ2) is 6.11. The highest BCUT2D eigenvalue weighted by molar-refractivity contribution is 8.16. The topological polar surface area (TPSA) is 58.6 Å². The Morgan fingerprint density at radius 1 is 1.05 bits per heavy atom. The van der Waals surface area contributed by atoms with E-state index in [1.807, 2.05) is 24.3 Å². The normalized spacial score (nSPS) is 17.7. The molecule has 1 N–H and O–H groups in total. The van der Waals surface area contributed by atoms with Crippen LogP contribution in [0.4, 0.5) is 16.2 Å². The molecule has 0 radical (unpaired) electrons. The third kappa shape index (κ3) is 2.65. The van der Waals surface area contributed by atoms with E-state index >= 15 is 0 Å². The van der Waals surface area contributed by atoms with Gasteiger partial charge in [0, 0.05) is 0 Å². The van der Waals surface area contributed by atoms with Gasteiger partial charge in [0.25, 0.3) is 11.1 Å². The minimum absolute atomic E-state index is 0.285. The summed E-state index contributed by atoms with van der Waals surface area (Å²) in [4.78, 5) is 25.8. The smallest absolute Gasteiger partial charge is 0.295 e. The second-order valence-corrected chi connectivity index (χ2v) is 5.67. The van der Waals surface area contributed by atoms with Gasteiger partial charge in [-0.05, 0) is 36.0 Å². The molecule has 1 saturated heterocycles. The highest BCUT2D eigenvalue weighted by Crippen LogP contribution is 2.34. The molecule has 1 heterocycles. The van der Waals surface area contributed by atoms with Crippen LogP contribution in [0.2, 0.25) is 0 Å². The molecule has 1 fully saturated rings. The minimum Gasteiger partial charge on any atom is -0.495 e. The van der Waals surface area contributed by atoms with Gasteiger partial charge < -0.3 is 10.1 Å². The molecule has 6 heteroatoms. The van der Waals surface area contributed by atoms with Gasteiger partial charge in [-0.3, -0.25) is 9.59 Å². The van der Waals surface area contributed by atoms with Crippen LogP contribution in [-0.4, -0.2) is 23.6 Å². The lowest BCUT2D eigenvalue weighted by molar-refractivity contribution is -0.116. The monoisotopic (exact) mass is 314 g/mol. The standard InChI is InChI=1S/C16H14N2O3S/c1-21-13-10-6-5-9-12(13)17-14-15(19)18(16(20)22-14)11-7-3-2-4-8-11/h2-10,14,17H,1H3/t14-/m1/s1. The van der Waals surface area contributed by atoms with Gasteiger partial charge in [-0.15, -0.1) is 0 Å². The fraction of sp³-hybridized carbons (Fsp3) is 0.125. The Morgan fingerprint density at radius 2 is 1.73 bits per heavy atom. The van der Waals surface area contributed by atoms with Crippen molar-refractivity contribution in [2.45, 2.75) is 5.37 Å². The molecule has 22 heavy (non-hydrogen) atoms. The van der Waals surface area contributed by atoms with Crippen molar-refractivity contribution in [3.63, 3.8) is 0 Å². The van der Waals surface area contributed by atoms with Crippen molar-refractivity contribution in [3.05, 3.63) is 54.6 Å². The van der Waals surface area contributed by atoms with Crippen LogP contribution in [0.3, 0.4) is 0 Å². The zero-order chi connectivity index (χ0) is 15.5. The molecular formula is C16H14N2O3S. The van der Waals surface area contributed by atoms with E-state index in [0.29, 0.717) is 17.1 Å². The van der Waals surface area contributed by atoms with Crippen LogP contribution in [-0.2, 0) is 4.79 Å². The van der Waals surface area contributed by atoms with E-state index in [1.54, 1.807) is 37.4 Å². The first-order valence-electron chi connectivity index (χ1n) is 6.70. The zero-order valence-corrected chi connectivity index (χ0v) is 12.7. The van der Waals surface area contributed by atoms with E-state index in [9.17, 15) is 9.59 Å². The number of imide groups is 1. The number of amides is 2. The predicted octanol–water partition coefficient (Wildman–Crippen LogP) is 3.33. The molecule has 0 aliphatic carbocycles. The van der Waals surface area contributed by atoms with E-state index in [4.69, 9.17) is 4.74 Å². The van der Waals surface area contributed by atoms with Gasteiger partial charge >= 0.3 is 0 Å². The maximum Gasteiger partial charge on any atom is 0.295 e. The van der Waals surface area contributed by atoms with E-state index in [2.05, 4.69) is 5.32 Å². The molecule has 0 saturated carbocycles. The number of carbonyl (C=O) groups excluding carboxylic acids is 2. The molecule has 5 nitrogen and oxygen atoms in total. The SMILES string of the molecule is COc1ccccc1N[C@@H]1SC(=O)N(c2ccccc2)C1=O. The van der Waals surface area contributed by atoms with Gasteiger partial charge in [-0.1, -0.05) is 30.3 Å². The van der Waals surface area contributed by atoms with Crippen molar-refractivity contribution in [1.29, 1.82) is 0 Å². The Morgan fingerprint density at radius 3 is 2.45 bits per heavy atom. The lowest BCUT2D eigenvalue weighted by Gasteiger charge is -2.16. The summed E-state index contributed by atoms with van der Waals surface area (Å²) in [6, 6.07) is 16.2. The number of thioether (sulfide) groups is 1. The molecule has 2 amide bonds. The Hall–Kier alpha value is -2.47. The molecule has 0 unspecified atom stereocenters. The Balaban J connectivity index is 1.83. The molecule has 2 aromatic rings. The molecule has 1 aliphatic rings. The van der Waals surface area contributed by atoms with Crippen molar-refractivity contribution in [2.24, 2.45) is 0 Å². The van der Waals surface area contributed by atoms with E-state index < -0.39 is 5.37 Å². The first-order valence-corrected chi connectivity index (χ1v) is 7.58. The average Bonchev–Trinajstić information content (AvgIpc) is 2.83. The van der Waals surface area contributed by atoms with Crippen molar-refractivity contribution >= 4 is 34.3 Å². The fourth-order valence-corrected chi connectivity index (χ4v) is 3.11. The van der Waals surface area contributed by atoms with Crippen LogP contribution < -0.4 is 15.0 Å². The highest BCUT2D eigenvalue weighted by Gasteiger charge is 2.40. The van der Waals surface area contributed by atoms with Crippen LogP contribution in [0.25, 0.3) is 0 Å². The lowest BCUT2D eigenvalue weighted by atomic mass is 10.2. The van der Waals surface area contributed by atoms with Gasteiger partial charge in [0.15, 0.2) is 5.37 Å². The lowest BCUT2D eigenvalue weighted by Crippen LogP contribution is -2.34. The maximum absolute atomic E-state index is 12.5. The molecule has 3 rings (SSSR count). The van der Waals surface area contributed by atoms with Crippen LogP contribution in [0, 0.1) is 0 Å². The minimum atomic E-state index is -0.663. The number of hydrogen-bond acceptors (Lipinski definition) is 5. The summed E-state index contributed by atoms with van der Waals surface area (Å²) in [5.41, 5.74) is 1.26. The number of benzene rings is 2. The number of rotatable bonds is 4. The average molecular weight is 314 g/mol. The van der Waals surface area contributed by atoms with Crippen molar-refractivity contribution in [3.8, 4) is 5.75 Å². The Bertz CT molecular complexity index is 706. The quantitative estimate of drug-likeness (QED) is 0.938. The van der Waals surface area contributed by atoms with Gasteiger partial charge in [0.1, 0.15) is 5.75 Å². The molecule has 112 valence electrons. The maximum atomic E-state index is 12.5. The fourth-order valence-electron chi connectivity index (χ4n) is 2.22. The van der Waals surface area contributed by atoms with Crippen molar-refractivity contribution in [1.82, 2.24) is 0 Å². The molecule has 0 aromatic heterocycles. The molecule has 1 atom stereocenters. The number of ether oxygens (including phenoxy) is 1. The number of carbonyl (C=O) groups is 2. The Labute approximate surface area is 132 Å². The summed E-state index contributed by atoms with van der Waals surface area (Å²) in [6.45, 7) is 0. The van der Waals surface area contributed by atoms with Gasteiger partial charge in [-0.25, -0.2) is 4.90 Å². The first-order chi connectivity index (χ1) is 10.7. The van der Waals surface area contributed by atoms with Gasteiger partial charge in [0.2, 0.25) is 0 Å². The van der Waals surface area contributed by atoms with Crippen LogP contribution in [0.5, 0.6) is 5.75 Å². The number of nitrogens with one attached hydrogen (secondary N) is 1. The molecule has 0 spiro atoms. The largest absolute Gasteiger partial charge is 0.495 e. The predicted molar refractivity (Wildman–Crippen MR) is 87.3 cm³/mol. The molecule has 0 bridgehead atoms. The number of methoxy groups -OCH3 is 1. The molecular weight excluding hydrogens is 300 g/mol. The van der Waals surface area contributed by atoms with Gasteiger partial charge in [-0.2, -0.15) is 0 Å². The number of nitrogens with zero attached hydrogens (tertiary/aromatic N) is 1. The third-order valence-electron chi connectivity index (χ3n) is 3.25. The molecule has 2 aromatic carbocycles. The zero-order valence-electron chi connectivity index (χ0n) is 11.9. The third-order valence-corrected chi connectivity index (χ3v) is 4.19. The summed E-state index contributed by atoms with van der Waals surface area (Å²) in [5.74, 6) is 0.341. The number of para-hydroxylation sites is 3. The Kier molecular flexibility index (Phi) is 4.02. The second-order valence-electron chi connectivity index (χ2n) is 4.62. The summed E-state index contributed by atoms with van der Waals surface area (Å²) >= 11 is 0.961. The van der Waals surface area contributed by atoms with Crippen LogP contribution in [0.1, 0.15) is 0 Å². The van der Waals surface area contributed by atoms with E-state index in [1.165, 1.54) is 4.90 Å². The summed E-state index contributed by atoms with van der Waals surface area (Å²) in [6.07, 6.45) is 0. The summed E-state index contributed by atoms with van der Waals surface area (Å²) in [5, 5.41) is 2.11. The molecule has 1 aliphatic heterocycles. The van der Waals surface area contributed by atoms with Crippen molar-refractivity contribution < 1.29 is 14.3 Å². The van der Waals surface area contributed by atoms with Crippen molar-refractivity contribution in [2.75, 3.05) is 17.3 Å². The van der Waals surface area contributed by atoms with Crippen LogP contribution in [0.15, 0.2) is 54.6 Å². The summed E-state index contributed by atoms with van der Waals surface area (Å²) in [7, 11) is 1.56. The number of anilines is 2. The number of hydrogen-bond donors (Lipinski definition) is 1.